The van der Waals surface area contributed by atoms with Crippen LogP contribution >= 0.6 is 0 Å². The molecule has 112 valence electrons. The smallest absolute Gasteiger partial charge is 0.246 e. The molecule has 0 N–H and O–H groups in total. The van der Waals surface area contributed by atoms with E-state index in [0.717, 1.165) is 18.5 Å². The number of hydrogen-bond acceptors (Lipinski definition) is 1. The van der Waals surface area contributed by atoms with Crippen molar-refractivity contribution in [2.24, 2.45) is 0 Å². The zero-order valence-corrected chi connectivity index (χ0v) is 13.2. The van der Waals surface area contributed by atoms with Gasteiger partial charge in [-0.1, -0.05) is 48.0 Å². The van der Waals surface area contributed by atoms with Gasteiger partial charge in [-0.05, 0) is 48.6 Å². The number of amides is 1. The minimum atomic E-state index is 0.0921. The van der Waals surface area contributed by atoms with Crippen LogP contribution in [0.25, 0.3) is 6.08 Å². The summed E-state index contributed by atoms with van der Waals surface area (Å²) in [5, 5.41) is 0. The van der Waals surface area contributed by atoms with E-state index < -0.39 is 0 Å². The monoisotopic (exact) mass is 291 g/mol. The predicted molar refractivity (Wildman–Crippen MR) is 90.5 cm³/mol. The maximum Gasteiger partial charge on any atom is 0.246 e. The van der Waals surface area contributed by atoms with E-state index in [9.17, 15) is 4.79 Å². The van der Waals surface area contributed by atoms with Gasteiger partial charge in [0.1, 0.15) is 0 Å². The van der Waals surface area contributed by atoms with Gasteiger partial charge >= 0.3 is 0 Å². The van der Waals surface area contributed by atoms with Gasteiger partial charge in [-0.15, -0.1) is 0 Å². The molecule has 1 amide bonds. The molecule has 0 unspecified atom stereocenters. The first-order valence-corrected chi connectivity index (χ1v) is 7.74. The Balaban J connectivity index is 1.71. The maximum absolute atomic E-state index is 12.4. The van der Waals surface area contributed by atoms with Crippen LogP contribution in [0.15, 0.2) is 48.5 Å². The van der Waals surface area contributed by atoms with Gasteiger partial charge in [-0.25, -0.2) is 0 Å². The predicted octanol–water partition coefficient (Wildman–Crippen LogP) is 3.90. The van der Waals surface area contributed by atoms with Crippen LogP contribution in [0.2, 0.25) is 0 Å². The molecule has 0 atom stereocenters. The summed E-state index contributed by atoms with van der Waals surface area (Å²) < 4.78 is 0. The van der Waals surface area contributed by atoms with Gasteiger partial charge in [0.25, 0.3) is 0 Å². The molecule has 0 spiro atoms. The molecule has 22 heavy (non-hydrogen) atoms. The Kier molecular flexibility index (Phi) is 4.10. The summed E-state index contributed by atoms with van der Waals surface area (Å²) in [5.74, 6) is 0.0921. The topological polar surface area (TPSA) is 20.3 Å². The van der Waals surface area contributed by atoms with Crippen molar-refractivity contribution < 1.29 is 4.79 Å². The SMILES string of the molecule is Cc1ccc(/C=C/C(=O)N2CCc3ccccc3C2)c(C)c1. The zero-order valence-electron chi connectivity index (χ0n) is 13.2. The van der Waals surface area contributed by atoms with Crippen molar-refractivity contribution in [3.63, 3.8) is 0 Å². The lowest BCUT2D eigenvalue weighted by Crippen LogP contribution is -2.34. The minimum Gasteiger partial charge on any atom is -0.334 e. The molecule has 0 fully saturated rings. The molecule has 2 aromatic rings. The summed E-state index contributed by atoms with van der Waals surface area (Å²) in [4.78, 5) is 14.3. The second-order valence-corrected chi connectivity index (χ2v) is 5.97. The van der Waals surface area contributed by atoms with E-state index in [1.54, 1.807) is 6.08 Å². The zero-order chi connectivity index (χ0) is 15.5. The van der Waals surface area contributed by atoms with Crippen LogP contribution in [-0.4, -0.2) is 17.4 Å². The van der Waals surface area contributed by atoms with Gasteiger partial charge in [-0.3, -0.25) is 4.79 Å². The van der Waals surface area contributed by atoms with Crippen molar-refractivity contribution in [2.45, 2.75) is 26.8 Å². The van der Waals surface area contributed by atoms with E-state index in [1.165, 1.54) is 22.3 Å². The average Bonchev–Trinajstić information content (AvgIpc) is 2.53. The Labute approximate surface area is 132 Å². The quantitative estimate of drug-likeness (QED) is 0.768. The van der Waals surface area contributed by atoms with E-state index in [4.69, 9.17) is 0 Å². The highest BCUT2D eigenvalue weighted by Gasteiger charge is 2.18. The fourth-order valence-corrected chi connectivity index (χ4v) is 2.96. The Hall–Kier alpha value is -2.35. The van der Waals surface area contributed by atoms with Gasteiger partial charge in [0.05, 0.1) is 0 Å². The summed E-state index contributed by atoms with van der Waals surface area (Å²) >= 11 is 0. The molecular formula is C20H21NO. The molecule has 3 rings (SSSR count). The van der Waals surface area contributed by atoms with Gasteiger partial charge < -0.3 is 4.90 Å². The van der Waals surface area contributed by atoms with Crippen molar-refractivity contribution in [2.75, 3.05) is 6.54 Å². The molecule has 0 saturated heterocycles. The van der Waals surface area contributed by atoms with Crippen LogP contribution in [0, 0.1) is 13.8 Å². The lowest BCUT2D eigenvalue weighted by atomic mass is 10.00. The van der Waals surface area contributed by atoms with Crippen molar-refractivity contribution in [1.82, 2.24) is 4.90 Å². The number of benzene rings is 2. The van der Waals surface area contributed by atoms with Gasteiger partial charge in [0, 0.05) is 19.2 Å². The Morgan fingerprint density at radius 1 is 1.09 bits per heavy atom. The molecule has 1 aliphatic rings. The minimum absolute atomic E-state index is 0.0921. The van der Waals surface area contributed by atoms with Crippen LogP contribution in [0.1, 0.15) is 27.8 Å². The molecule has 0 bridgehead atoms. The van der Waals surface area contributed by atoms with E-state index in [-0.39, 0.29) is 5.91 Å². The maximum atomic E-state index is 12.4. The van der Waals surface area contributed by atoms with Crippen LogP contribution in [0.4, 0.5) is 0 Å². The van der Waals surface area contributed by atoms with E-state index >= 15 is 0 Å². The molecule has 0 aromatic heterocycles. The fourth-order valence-electron chi connectivity index (χ4n) is 2.96. The highest BCUT2D eigenvalue weighted by atomic mass is 16.2. The number of aryl methyl sites for hydroxylation is 2. The van der Waals surface area contributed by atoms with Crippen LogP contribution < -0.4 is 0 Å². The second-order valence-electron chi connectivity index (χ2n) is 5.97. The highest BCUT2D eigenvalue weighted by Crippen LogP contribution is 2.19. The summed E-state index contributed by atoms with van der Waals surface area (Å²) in [6.07, 6.45) is 4.57. The Bertz CT molecular complexity index is 730. The molecule has 1 heterocycles. The molecule has 2 aromatic carbocycles. The van der Waals surface area contributed by atoms with Crippen molar-refractivity contribution >= 4 is 12.0 Å². The van der Waals surface area contributed by atoms with Crippen LogP contribution in [0.3, 0.4) is 0 Å². The molecule has 0 aliphatic carbocycles. The van der Waals surface area contributed by atoms with E-state index in [2.05, 4.69) is 50.2 Å². The Morgan fingerprint density at radius 3 is 2.64 bits per heavy atom. The van der Waals surface area contributed by atoms with Gasteiger partial charge in [0.15, 0.2) is 0 Å². The van der Waals surface area contributed by atoms with Crippen molar-refractivity contribution in [1.29, 1.82) is 0 Å². The van der Waals surface area contributed by atoms with Crippen LogP contribution in [-0.2, 0) is 17.8 Å². The molecule has 0 saturated carbocycles. The first-order valence-electron chi connectivity index (χ1n) is 7.74. The first-order chi connectivity index (χ1) is 10.6. The molecular weight excluding hydrogens is 270 g/mol. The number of fused-ring (bicyclic) bond motifs is 1. The van der Waals surface area contributed by atoms with Gasteiger partial charge in [0.2, 0.25) is 5.91 Å². The molecule has 2 heteroatoms. The Morgan fingerprint density at radius 2 is 1.86 bits per heavy atom. The third-order valence-electron chi connectivity index (χ3n) is 4.27. The first kappa shape index (κ1) is 14.6. The standard InChI is InChI=1S/C20H21NO/c1-15-7-8-17(16(2)13-15)9-10-20(22)21-12-11-18-5-3-4-6-19(18)14-21/h3-10,13H,11-12,14H2,1-2H3/b10-9+. The van der Waals surface area contributed by atoms with Crippen molar-refractivity contribution in [3.05, 3.63) is 76.4 Å². The lowest BCUT2D eigenvalue weighted by molar-refractivity contribution is -0.126. The summed E-state index contributed by atoms with van der Waals surface area (Å²) in [6.45, 7) is 5.67. The van der Waals surface area contributed by atoms with E-state index in [1.807, 2.05) is 17.0 Å². The largest absolute Gasteiger partial charge is 0.334 e. The number of hydrogen-bond donors (Lipinski definition) is 0. The van der Waals surface area contributed by atoms with Gasteiger partial charge in [-0.2, -0.15) is 0 Å². The second kappa shape index (κ2) is 6.18. The fraction of sp³-hybridized carbons (Fsp3) is 0.250. The summed E-state index contributed by atoms with van der Waals surface area (Å²) in [7, 11) is 0. The summed E-state index contributed by atoms with van der Waals surface area (Å²) in [5.41, 5.74) is 6.19. The number of nitrogens with zero attached hydrogens (tertiary/aromatic N) is 1. The summed E-state index contributed by atoms with van der Waals surface area (Å²) in [6, 6.07) is 14.7. The number of rotatable bonds is 2. The number of carbonyl (C=O) groups is 1. The number of carbonyl (C=O) groups excluding carboxylic acids is 1. The van der Waals surface area contributed by atoms with E-state index in [0.29, 0.717) is 6.54 Å². The highest BCUT2D eigenvalue weighted by molar-refractivity contribution is 5.92. The van der Waals surface area contributed by atoms with Crippen LogP contribution in [0.5, 0.6) is 0 Å². The molecule has 1 aliphatic heterocycles. The average molecular weight is 291 g/mol. The molecule has 0 radical (unpaired) electrons. The third kappa shape index (κ3) is 3.11. The normalized spacial score (nSPS) is 14.2. The van der Waals surface area contributed by atoms with Crippen molar-refractivity contribution in [3.8, 4) is 0 Å². The third-order valence-corrected chi connectivity index (χ3v) is 4.27. The molecule has 2 nitrogen and oxygen atoms in total. The lowest BCUT2D eigenvalue weighted by Gasteiger charge is -2.27.